The van der Waals surface area contributed by atoms with Crippen LogP contribution >= 0.6 is 0 Å². The van der Waals surface area contributed by atoms with Crippen molar-refractivity contribution >= 4 is 17.9 Å². The topological polar surface area (TPSA) is 78.9 Å². The fraction of sp³-hybridized carbons (Fsp3) is 0.610. The third kappa shape index (κ3) is 50.7. The largest absolute Gasteiger partial charge is 0.462 e. The normalized spacial score (nSPS) is 13.1. The van der Waals surface area contributed by atoms with E-state index in [4.69, 9.17) is 14.2 Å². The number of rotatable bonds is 45. The monoisotopic (exact) mass is 899 g/mol. The molecule has 0 aromatic rings. The predicted molar refractivity (Wildman–Crippen MR) is 279 cm³/mol. The highest BCUT2D eigenvalue weighted by molar-refractivity contribution is 5.71. The maximum atomic E-state index is 12.8. The third-order valence-corrected chi connectivity index (χ3v) is 10.6. The van der Waals surface area contributed by atoms with E-state index < -0.39 is 6.10 Å². The standard InChI is InChI=1S/C59H94O6/c1-4-7-10-13-16-19-22-25-27-29-30-32-34-37-40-43-46-49-52-58(61)64-55-56(54-63-57(60)51-48-45-42-39-36-33-24-21-18-15-12-9-6-3)65-59(62)53-50-47-44-41-38-35-31-28-26-23-20-17-14-11-8-5-2/h8-9,11-12,15,17-18,20-21,24,26-30,32-33,35-36,38,56H,4-7,10,13-14,16,19,22-23,25,31,34,37,39-55H2,1-3H3/b11-8+,12-9+,18-15+,20-17+,24-21+,28-26+,29-27+,32-30+,36-33+,38-35+. The van der Waals surface area contributed by atoms with Gasteiger partial charge in [-0.1, -0.05) is 213 Å². The fourth-order valence-electron chi connectivity index (χ4n) is 6.67. The molecule has 0 saturated heterocycles. The Labute approximate surface area is 399 Å². The van der Waals surface area contributed by atoms with Crippen LogP contribution in [0, 0.1) is 0 Å². The molecule has 0 bridgehead atoms. The van der Waals surface area contributed by atoms with E-state index in [-0.39, 0.29) is 37.5 Å². The van der Waals surface area contributed by atoms with Gasteiger partial charge in [0.05, 0.1) is 0 Å². The molecule has 0 aliphatic heterocycles. The van der Waals surface area contributed by atoms with Gasteiger partial charge in [-0.2, -0.15) is 0 Å². The maximum Gasteiger partial charge on any atom is 0.306 e. The minimum absolute atomic E-state index is 0.116. The summed E-state index contributed by atoms with van der Waals surface area (Å²) >= 11 is 0. The molecular weight excluding hydrogens is 805 g/mol. The Kier molecular flexibility index (Phi) is 49.1. The summed E-state index contributed by atoms with van der Waals surface area (Å²) in [7, 11) is 0. The van der Waals surface area contributed by atoms with E-state index in [0.29, 0.717) is 19.3 Å². The summed E-state index contributed by atoms with van der Waals surface area (Å²) in [5.74, 6) is -1.01. The molecule has 0 aromatic heterocycles. The minimum Gasteiger partial charge on any atom is -0.462 e. The molecule has 0 aromatic carbocycles. The molecule has 6 heteroatoms. The Morgan fingerprint density at radius 2 is 0.677 bits per heavy atom. The highest BCUT2D eigenvalue weighted by Gasteiger charge is 2.19. The molecule has 6 nitrogen and oxygen atoms in total. The maximum absolute atomic E-state index is 12.8. The van der Waals surface area contributed by atoms with Crippen LogP contribution in [-0.4, -0.2) is 37.2 Å². The van der Waals surface area contributed by atoms with Gasteiger partial charge in [0.25, 0.3) is 0 Å². The lowest BCUT2D eigenvalue weighted by molar-refractivity contribution is -0.167. The second-order valence-corrected chi connectivity index (χ2v) is 16.8. The van der Waals surface area contributed by atoms with E-state index in [2.05, 4.69) is 106 Å². The Morgan fingerprint density at radius 1 is 0.338 bits per heavy atom. The van der Waals surface area contributed by atoms with Crippen LogP contribution in [0.15, 0.2) is 122 Å². The molecule has 1 atom stereocenters. The average molecular weight is 899 g/mol. The molecule has 366 valence electrons. The van der Waals surface area contributed by atoms with Crippen LogP contribution in [0.1, 0.15) is 213 Å². The van der Waals surface area contributed by atoms with E-state index in [1.807, 2.05) is 36.5 Å². The second-order valence-electron chi connectivity index (χ2n) is 16.8. The first-order valence-electron chi connectivity index (χ1n) is 26.1. The number of esters is 3. The number of hydrogen-bond donors (Lipinski definition) is 0. The molecule has 0 saturated carbocycles. The SMILES string of the molecule is CC/C=C/C=C/C=C/C=C/CCCCCC(=O)OCC(COC(=O)CCCCCCC/C=C/C=C/CCCCCCCCC)OC(=O)CCCCC/C=C/C/C=C/C/C=C/C/C=C/CC. The Bertz CT molecular complexity index is 1400. The van der Waals surface area contributed by atoms with Crippen LogP contribution in [0.5, 0.6) is 0 Å². The Morgan fingerprint density at radius 3 is 1.15 bits per heavy atom. The van der Waals surface area contributed by atoms with Crippen molar-refractivity contribution in [2.45, 2.75) is 219 Å². The molecule has 0 heterocycles. The van der Waals surface area contributed by atoms with Crippen molar-refractivity contribution in [3.05, 3.63) is 122 Å². The molecule has 0 radical (unpaired) electrons. The molecule has 0 rings (SSSR count). The zero-order chi connectivity index (χ0) is 47.2. The van der Waals surface area contributed by atoms with Crippen molar-refractivity contribution in [3.63, 3.8) is 0 Å². The molecule has 0 aliphatic rings. The average Bonchev–Trinajstić information content (AvgIpc) is 3.30. The number of carbonyl (C=O) groups is 3. The van der Waals surface area contributed by atoms with Crippen LogP contribution in [-0.2, 0) is 28.6 Å². The zero-order valence-electron chi connectivity index (χ0n) is 41.7. The molecular formula is C59H94O6. The molecule has 0 spiro atoms. The quantitative estimate of drug-likeness (QED) is 0.0199. The number of carbonyl (C=O) groups excluding carboxylic acids is 3. The van der Waals surface area contributed by atoms with Crippen LogP contribution in [0.3, 0.4) is 0 Å². The summed E-state index contributed by atoms with van der Waals surface area (Å²) in [5.41, 5.74) is 0. The van der Waals surface area contributed by atoms with Crippen molar-refractivity contribution in [1.29, 1.82) is 0 Å². The number of unbranched alkanes of at least 4 members (excludes halogenated alkanes) is 18. The van der Waals surface area contributed by atoms with Gasteiger partial charge in [-0.05, 0) is 103 Å². The van der Waals surface area contributed by atoms with E-state index in [1.54, 1.807) is 0 Å². The van der Waals surface area contributed by atoms with Gasteiger partial charge in [-0.15, -0.1) is 0 Å². The summed E-state index contributed by atoms with van der Waals surface area (Å²) in [4.78, 5) is 38.0. The Hall–Kier alpha value is -4.19. The van der Waals surface area contributed by atoms with E-state index in [1.165, 1.54) is 51.4 Å². The Balaban J connectivity index is 4.53. The first kappa shape index (κ1) is 60.8. The molecule has 65 heavy (non-hydrogen) atoms. The molecule has 0 aliphatic carbocycles. The van der Waals surface area contributed by atoms with Gasteiger partial charge < -0.3 is 14.2 Å². The molecule has 0 fully saturated rings. The summed E-state index contributed by atoms with van der Waals surface area (Å²) in [6, 6.07) is 0. The van der Waals surface area contributed by atoms with Crippen LogP contribution in [0.4, 0.5) is 0 Å². The van der Waals surface area contributed by atoms with Crippen molar-refractivity contribution in [1.82, 2.24) is 0 Å². The molecule has 0 N–H and O–H groups in total. The lowest BCUT2D eigenvalue weighted by Crippen LogP contribution is -2.30. The smallest absolute Gasteiger partial charge is 0.306 e. The molecule has 0 amide bonds. The van der Waals surface area contributed by atoms with Crippen LogP contribution in [0.25, 0.3) is 0 Å². The van der Waals surface area contributed by atoms with Gasteiger partial charge in [-0.3, -0.25) is 14.4 Å². The number of ether oxygens (including phenoxy) is 3. The summed E-state index contributed by atoms with van der Waals surface area (Å²) < 4.78 is 16.7. The zero-order valence-corrected chi connectivity index (χ0v) is 41.7. The van der Waals surface area contributed by atoms with E-state index in [9.17, 15) is 14.4 Å². The van der Waals surface area contributed by atoms with Gasteiger partial charge in [-0.25, -0.2) is 0 Å². The highest BCUT2D eigenvalue weighted by Crippen LogP contribution is 2.12. The third-order valence-electron chi connectivity index (χ3n) is 10.6. The van der Waals surface area contributed by atoms with Gasteiger partial charge in [0, 0.05) is 19.3 Å². The van der Waals surface area contributed by atoms with Gasteiger partial charge >= 0.3 is 17.9 Å². The van der Waals surface area contributed by atoms with Crippen molar-refractivity contribution in [2.75, 3.05) is 13.2 Å². The fourth-order valence-corrected chi connectivity index (χ4v) is 6.67. The van der Waals surface area contributed by atoms with Crippen molar-refractivity contribution in [3.8, 4) is 0 Å². The predicted octanol–water partition coefficient (Wildman–Crippen LogP) is 17.3. The van der Waals surface area contributed by atoms with Crippen molar-refractivity contribution in [2.24, 2.45) is 0 Å². The molecule has 1 unspecified atom stereocenters. The summed E-state index contributed by atoms with van der Waals surface area (Å²) in [6.07, 6.45) is 71.8. The van der Waals surface area contributed by atoms with Gasteiger partial charge in [0.15, 0.2) is 6.10 Å². The number of hydrogen-bond acceptors (Lipinski definition) is 6. The highest BCUT2D eigenvalue weighted by atomic mass is 16.6. The lowest BCUT2D eigenvalue weighted by Gasteiger charge is -2.18. The first-order chi connectivity index (χ1) is 32.0. The number of allylic oxidation sites excluding steroid dienone is 20. The van der Waals surface area contributed by atoms with Gasteiger partial charge in [0.1, 0.15) is 13.2 Å². The van der Waals surface area contributed by atoms with E-state index >= 15 is 0 Å². The summed E-state index contributed by atoms with van der Waals surface area (Å²) in [6.45, 7) is 6.29. The lowest BCUT2D eigenvalue weighted by atomic mass is 10.1. The van der Waals surface area contributed by atoms with Gasteiger partial charge in [0.2, 0.25) is 0 Å². The van der Waals surface area contributed by atoms with Crippen LogP contribution < -0.4 is 0 Å². The van der Waals surface area contributed by atoms with Crippen LogP contribution in [0.2, 0.25) is 0 Å². The van der Waals surface area contributed by atoms with E-state index in [0.717, 1.165) is 116 Å². The first-order valence-corrected chi connectivity index (χ1v) is 26.1. The summed E-state index contributed by atoms with van der Waals surface area (Å²) in [5, 5.41) is 0. The van der Waals surface area contributed by atoms with Crippen molar-refractivity contribution < 1.29 is 28.6 Å². The second kappa shape index (κ2) is 52.4. The minimum atomic E-state index is -0.821.